The minimum absolute atomic E-state index is 0.105. The van der Waals surface area contributed by atoms with Crippen molar-refractivity contribution in [3.8, 4) is 0 Å². The Morgan fingerprint density at radius 3 is 2.42 bits per heavy atom. The molecule has 106 valence electrons. The maximum Gasteiger partial charge on any atom is 0.193 e. The van der Waals surface area contributed by atoms with Crippen molar-refractivity contribution in [1.82, 2.24) is 0 Å². The van der Waals surface area contributed by atoms with Crippen molar-refractivity contribution < 1.29 is 8.82 Å². The predicted octanol–water partition coefficient (Wildman–Crippen LogP) is 5.84. The Bertz CT molecular complexity index is 466. The van der Waals surface area contributed by atoms with Crippen molar-refractivity contribution in [1.29, 1.82) is 0 Å². The average molecular weight is 345 g/mol. The van der Waals surface area contributed by atoms with Crippen LogP contribution < -0.4 is 0 Å². The van der Waals surface area contributed by atoms with E-state index in [1.807, 2.05) is 6.07 Å². The summed E-state index contributed by atoms with van der Waals surface area (Å²) in [6.45, 7) is 14.7. The van der Waals surface area contributed by atoms with Crippen molar-refractivity contribution in [2.75, 3.05) is 0 Å². The van der Waals surface area contributed by atoms with Gasteiger partial charge in [0.05, 0.1) is 10.6 Å². The van der Waals surface area contributed by atoms with E-state index in [9.17, 15) is 4.39 Å². The fourth-order valence-electron chi connectivity index (χ4n) is 1.47. The molecule has 4 heteroatoms. The van der Waals surface area contributed by atoms with Gasteiger partial charge in [-0.15, -0.1) is 6.58 Å². The SMILES string of the molecule is C=CC(O[Si](C)(C)C(C)(C)C)c1cccc(F)c1Br. The van der Waals surface area contributed by atoms with Crippen LogP contribution in [-0.2, 0) is 4.43 Å². The first-order valence-electron chi connectivity index (χ1n) is 6.34. The monoisotopic (exact) mass is 344 g/mol. The highest BCUT2D eigenvalue weighted by Crippen LogP contribution is 2.41. The van der Waals surface area contributed by atoms with Gasteiger partial charge in [-0.3, -0.25) is 0 Å². The van der Waals surface area contributed by atoms with Crippen molar-refractivity contribution >= 4 is 24.2 Å². The molecule has 0 N–H and O–H groups in total. The molecule has 0 saturated heterocycles. The van der Waals surface area contributed by atoms with Crippen molar-refractivity contribution in [2.24, 2.45) is 0 Å². The van der Waals surface area contributed by atoms with E-state index >= 15 is 0 Å². The van der Waals surface area contributed by atoms with E-state index in [0.717, 1.165) is 5.56 Å². The van der Waals surface area contributed by atoms with E-state index in [-0.39, 0.29) is 17.0 Å². The molecule has 0 aliphatic carbocycles. The summed E-state index contributed by atoms with van der Waals surface area (Å²) in [5.41, 5.74) is 0.792. The number of hydrogen-bond acceptors (Lipinski definition) is 1. The fraction of sp³-hybridized carbons (Fsp3) is 0.467. The third-order valence-corrected chi connectivity index (χ3v) is 9.02. The third kappa shape index (κ3) is 3.77. The summed E-state index contributed by atoms with van der Waals surface area (Å²) in [5.74, 6) is -0.275. The third-order valence-electron chi connectivity index (χ3n) is 3.73. The van der Waals surface area contributed by atoms with Gasteiger partial charge < -0.3 is 4.43 Å². The highest BCUT2D eigenvalue weighted by atomic mass is 79.9. The minimum Gasteiger partial charge on any atom is -0.406 e. The molecule has 0 spiro atoms. The number of hydrogen-bond donors (Lipinski definition) is 0. The van der Waals surface area contributed by atoms with Crippen LogP contribution in [0.2, 0.25) is 18.1 Å². The molecule has 0 bridgehead atoms. The van der Waals surface area contributed by atoms with Gasteiger partial charge in [0, 0.05) is 5.56 Å². The van der Waals surface area contributed by atoms with Crippen molar-refractivity contribution in [2.45, 2.75) is 45.0 Å². The minimum atomic E-state index is -1.93. The zero-order chi connectivity index (χ0) is 14.8. The van der Waals surface area contributed by atoms with Crippen LogP contribution in [0, 0.1) is 5.82 Å². The van der Waals surface area contributed by atoms with Gasteiger partial charge in [0.15, 0.2) is 8.32 Å². The number of halogens is 2. The maximum absolute atomic E-state index is 13.6. The summed E-state index contributed by atoms with van der Waals surface area (Å²) >= 11 is 3.29. The summed E-state index contributed by atoms with van der Waals surface area (Å²) in [7, 11) is -1.93. The normalized spacial score (nSPS) is 14.3. The van der Waals surface area contributed by atoms with Crippen LogP contribution >= 0.6 is 15.9 Å². The maximum atomic E-state index is 13.6. The van der Waals surface area contributed by atoms with Gasteiger partial charge in [-0.2, -0.15) is 0 Å². The topological polar surface area (TPSA) is 9.23 Å². The van der Waals surface area contributed by atoms with Crippen molar-refractivity contribution in [3.05, 3.63) is 46.7 Å². The Morgan fingerprint density at radius 1 is 1.37 bits per heavy atom. The van der Waals surface area contributed by atoms with E-state index in [1.165, 1.54) is 6.07 Å². The second-order valence-corrected chi connectivity index (χ2v) is 11.7. The van der Waals surface area contributed by atoms with Gasteiger partial charge in [-0.25, -0.2) is 4.39 Å². The molecule has 1 aromatic rings. The molecular formula is C15H22BrFOSi. The van der Waals surface area contributed by atoms with E-state index < -0.39 is 8.32 Å². The molecule has 19 heavy (non-hydrogen) atoms. The largest absolute Gasteiger partial charge is 0.406 e. The molecule has 0 radical (unpaired) electrons. The molecule has 0 aliphatic heterocycles. The Balaban J connectivity index is 3.10. The summed E-state index contributed by atoms with van der Waals surface area (Å²) in [6.07, 6.45) is 1.45. The highest BCUT2D eigenvalue weighted by molar-refractivity contribution is 9.10. The smallest absolute Gasteiger partial charge is 0.193 e. The average Bonchev–Trinajstić information content (AvgIpc) is 2.28. The van der Waals surface area contributed by atoms with Crippen LogP contribution in [0.15, 0.2) is 35.3 Å². The van der Waals surface area contributed by atoms with Crippen molar-refractivity contribution in [3.63, 3.8) is 0 Å². The van der Waals surface area contributed by atoms with Crippen LogP contribution in [-0.4, -0.2) is 8.32 Å². The molecule has 1 unspecified atom stereocenters. The van der Waals surface area contributed by atoms with E-state index in [2.05, 4.69) is 56.4 Å². The van der Waals surface area contributed by atoms with Crippen LogP contribution in [0.25, 0.3) is 0 Å². The van der Waals surface area contributed by atoms with Crippen LogP contribution in [0.4, 0.5) is 4.39 Å². The second kappa shape index (κ2) is 5.90. The molecule has 1 atom stereocenters. The van der Waals surface area contributed by atoms with E-state index in [0.29, 0.717) is 4.47 Å². The summed E-state index contributed by atoms with van der Waals surface area (Å²) in [5, 5.41) is 0.105. The van der Waals surface area contributed by atoms with Crippen LogP contribution in [0.3, 0.4) is 0 Å². The number of benzene rings is 1. The first-order chi connectivity index (χ1) is 8.60. The lowest BCUT2D eigenvalue weighted by Gasteiger charge is -2.38. The molecular weight excluding hydrogens is 323 g/mol. The predicted molar refractivity (Wildman–Crippen MR) is 85.3 cm³/mol. The number of rotatable bonds is 4. The second-order valence-electron chi connectivity index (χ2n) is 6.18. The van der Waals surface area contributed by atoms with Gasteiger partial charge in [0.1, 0.15) is 5.82 Å². The molecule has 0 aromatic heterocycles. The molecule has 0 amide bonds. The Labute approximate surface area is 125 Å². The zero-order valence-corrected chi connectivity index (χ0v) is 14.8. The Morgan fingerprint density at radius 2 is 1.95 bits per heavy atom. The highest BCUT2D eigenvalue weighted by Gasteiger charge is 2.39. The van der Waals surface area contributed by atoms with Gasteiger partial charge >= 0.3 is 0 Å². The molecule has 1 rings (SSSR count). The molecule has 0 aliphatic rings. The molecule has 0 fully saturated rings. The van der Waals surface area contributed by atoms with E-state index in [1.54, 1.807) is 12.1 Å². The van der Waals surface area contributed by atoms with Gasteiger partial charge in [-0.05, 0) is 40.1 Å². The van der Waals surface area contributed by atoms with Gasteiger partial charge in [0.25, 0.3) is 0 Å². The Hall–Kier alpha value is -0.453. The fourth-order valence-corrected chi connectivity index (χ4v) is 3.17. The van der Waals surface area contributed by atoms with Gasteiger partial charge in [-0.1, -0.05) is 39.0 Å². The van der Waals surface area contributed by atoms with E-state index in [4.69, 9.17) is 4.43 Å². The lowest BCUT2D eigenvalue weighted by Crippen LogP contribution is -2.41. The molecule has 1 nitrogen and oxygen atoms in total. The molecule has 0 heterocycles. The first-order valence-corrected chi connectivity index (χ1v) is 10.0. The molecule has 0 saturated carbocycles. The molecule has 1 aromatic carbocycles. The summed E-state index contributed by atoms with van der Waals surface area (Å²) in [4.78, 5) is 0. The van der Waals surface area contributed by atoms with Crippen LogP contribution in [0.5, 0.6) is 0 Å². The van der Waals surface area contributed by atoms with Gasteiger partial charge in [0.2, 0.25) is 0 Å². The quantitative estimate of drug-likeness (QED) is 0.492. The standard InChI is InChI=1S/C15H22BrFOSi/c1-7-13(18-19(5,6)15(2,3)4)11-9-8-10-12(17)14(11)16/h7-10,13H,1H2,2-6H3. The van der Waals surface area contributed by atoms with Crippen LogP contribution in [0.1, 0.15) is 32.4 Å². The summed E-state index contributed by atoms with van der Waals surface area (Å²) in [6, 6.07) is 4.99. The Kier molecular flexibility index (Phi) is 5.15. The lowest BCUT2D eigenvalue weighted by atomic mass is 10.1. The zero-order valence-electron chi connectivity index (χ0n) is 12.3. The summed E-state index contributed by atoms with van der Waals surface area (Å²) < 4.78 is 20.4. The first kappa shape index (κ1) is 16.6. The lowest BCUT2D eigenvalue weighted by molar-refractivity contribution is 0.228.